The molecular weight excluding hydrogens is 268 g/mol. The van der Waals surface area contributed by atoms with Gasteiger partial charge in [-0.2, -0.15) is 0 Å². The van der Waals surface area contributed by atoms with E-state index in [-0.39, 0.29) is 17.3 Å². The Morgan fingerprint density at radius 1 is 1.15 bits per heavy atom. The molecule has 0 fully saturated rings. The normalized spacial score (nSPS) is 12.8. The number of esters is 1. The van der Waals surface area contributed by atoms with Gasteiger partial charge < -0.3 is 4.74 Å². The van der Waals surface area contributed by atoms with E-state index >= 15 is 0 Å². The van der Waals surface area contributed by atoms with Crippen LogP contribution in [0, 0.1) is 0 Å². The first-order chi connectivity index (χ1) is 9.25. The van der Waals surface area contributed by atoms with Crippen LogP contribution in [0.3, 0.4) is 0 Å². The molecule has 0 saturated carbocycles. The number of Topliss-reactive ketones (excluding diaryl/α,β-unsaturated/α-hetero) is 1. The lowest BCUT2D eigenvalue weighted by Crippen LogP contribution is -2.35. The van der Waals surface area contributed by atoms with E-state index in [4.69, 9.17) is 0 Å². The molecule has 0 aliphatic carbocycles. The molecule has 0 bridgehead atoms. The third kappa shape index (κ3) is 4.60. The topological polar surface area (TPSA) is 43.4 Å². The van der Waals surface area contributed by atoms with E-state index in [0.29, 0.717) is 12.8 Å². The largest absolute Gasteiger partial charge is 0.469 e. The maximum atomic E-state index is 11.9. The molecule has 20 heavy (non-hydrogen) atoms. The van der Waals surface area contributed by atoms with Crippen LogP contribution in [0.1, 0.15) is 30.0 Å². The molecule has 1 aromatic carbocycles. The summed E-state index contributed by atoms with van der Waals surface area (Å²) in [4.78, 5) is 23.0. The summed E-state index contributed by atoms with van der Waals surface area (Å²) in [6, 6.07) is 8.07. The fraction of sp³-hybridized carbons (Fsp3) is 0.500. The molecule has 0 aromatic heterocycles. The van der Waals surface area contributed by atoms with Gasteiger partial charge in [0.1, 0.15) is 5.78 Å². The first-order valence-electron chi connectivity index (χ1n) is 6.92. The Morgan fingerprint density at radius 2 is 1.70 bits per heavy atom. The lowest BCUT2D eigenvalue weighted by molar-refractivity contribution is -0.140. The average Bonchev–Trinajstić information content (AvgIpc) is 2.35. The minimum absolute atomic E-state index is 0.0390. The van der Waals surface area contributed by atoms with Crippen LogP contribution >= 0.6 is 0 Å². The number of ether oxygens (including phenoxy) is 1. The molecule has 0 saturated heterocycles. The summed E-state index contributed by atoms with van der Waals surface area (Å²) in [5.41, 5.74) is 2.23. The third-order valence-electron chi connectivity index (χ3n) is 3.43. The molecule has 0 radical (unpaired) electrons. The van der Waals surface area contributed by atoms with Gasteiger partial charge in [0, 0.05) is 12.0 Å². The SMILES string of the molecule is COC(=O)CCc1ccc(C(C(C)=O)[Si](C)(C)C)cc1. The zero-order chi connectivity index (χ0) is 15.3. The molecule has 1 rings (SSSR count). The van der Waals surface area contributed by atoms with E-state index in [1.165, 1.54) is 7.11 Å². The van der Waals surface area contributed by atoms with Gasteiger partial charge in [0.25, 0.3) is 0 Å². The van der Waals surface area contributed by atoms with E-state index in [2.05, 4.69) is 24.4 Å². The standard InChI is InChI=1S/C16H24O3Si/c1-12(17)16(20(3,4)5)14-9-6-13(7-10-14)8-11-15(18)19-2/h6-7,9-10,16H,8,11H2,1-5H3. The van der Waals surface area contributed by atoms with E-state index in [0.717, 1.165) is 11.1 Å². The summed E-state index contributed by atoms with van der Waals surface area (Å²) in [7, 11) is -0.174. The van der Waals surface area contributed by atoms with Crippen LogP contribution in [0.5, 0.6) is 0 Å². The monoisotopic (exact) mass is 292 g/mol. The van der Waals surface area contributed by atoms with Gasteiger partial charge in [-0.25, -0.2) is 0 Å². The third-order valence-corrected chi connectivity index (χ3v) is 5.90. The molecule has 1 unspecified atom stereocenters. The van der Waals surface area contributed by atoms with Gasteiger partial charge in [0.15, 0.2) is 0 Å². The van der Waals surface area contributed by atoms with Crippen molar-refractivity contribution in [1.82, 2.24) is 0 Å². The smallest absolute Gasteiger partial charge is 0.305 e. The van der Waals surface area contributed by atoms with Gasteiger partial charge in [-0.05, 0) is 24.5 Å². The number of hydrogen-bond acceptors (Lipinski definition) is 3. The molecule has 0 heterocycles. The molecule has 0 N–H and O–H groups in total. The van der Waals surface area contributed by atoms with Crippen molar-refractivity contribution in [2.75, 3.05) is 7.11 Å². The molecule has 0 aliphatic heterocycles. The molecule has 0 aliphatic rings. The van der Waals surface area contributed by atoms with Crippen molar-refractivity contribution in [1.29, 1.82) is 0 Å². The summed E-state index contributed by atoms with van der Waals surface area (Å²) in [5, 5.41) is 0. The molecule has 4 heteroatoms. The Morgan fingerprint density at radius 3 is 2.10 bits per heavy atom. The fourth-order valence-electron chi connectivity index (χ4n) is 2.57. The highest BCUT2D eigenvalue weighted by molar-refractivity contribution is 6.80. The van der Waals surface area contributed by atoms with Crippen LogP contribution in [0.2, 0.25) is 19.6 Å². The van der Waals surface area contributed by atoms with Crippen LogP contribution in [0.4, 0.5) is 0 Å². The Kier molecular flexibility index (Phi) is 5.69. The zero-order valence-electron chi connectivity index (χ0n) is 13.0. The Hall–Kier alpha value is -1.42. The lowest BCUT2D eigenvalue weighted by Gasteiger charge is -2.27. The summed E-state index contributed by atoms with van der Waals surface area (Å²) >= 11 is 0. The molecule has 0 amide bonds. The number of aryl methyl sites for hydroxylation is 1. The van der Waals surface area contributed by atoms with E-state index < -0.39 is 8.07 Å². The number of hydrogen-bond donors (Lipinski definition) is 0. The highest BCUT2D eigenvalue weighted by Crippen LogP contribution is 2.28. The van der Waals surface area contributed by atoms with Crippen molar-refractivity contribution in [2.24, 2.45) is 0 Å². The summed E-state index contributed by atoms with van der Waals surface area (Å²) < 4.78 is 4.63. The number of methoxy groups -OCH3 is 1. The van der Waals surface area contributed by atoms with Crippen molar-refractivity contribution in [2.45, 2.75) is 44.9 Å². The quantitative estimate of drug-likeness (QED) is 0.596. The molecule has 1 atom stereocenters. The number of ketones is 1. The zero-order valence-corrected chi connectivity index (χ0v) is 14.0. The second kappa shape index (κ2) is 6.84. The van der Waals surface area contributed by atoms with Gasteiger partial charge in [0.05, 0.1) is 15.2 Å². The number of benzene rings is 1. The Balaban J connectivity index is 2.84. The maximum Gasteiger partial charge on any atom is 0.305 e. The second-order valence-corrected chi connectivity index (χ2v) is 11.5. The predicted octanol–water partition coefficient (Wildman–Crippen LogP) is 3.34. The predicted molar refractivity (Wildman–Crippen MR) is 83.5 cm³/mol. The minimum atomic E-state index is -1.57. The number of carbonyl (C=O) groups is 2. The fourth-order valence-corrected chi connectivity index (χ4v) is 4.98. The molecular formula is C16H24O3Si. The Bertz CT molecular complexity index is 471. The second-order valence-electron chi connectivity index (χ2n) is 6.23. The first-order valence-corrected chi connectivity index (χ1v) is 10.5. The van der Waals surface area contributed by atoms with Gasteiger partial charge in [-0.15, -0.1) is 0 Å². The van der Waals surface area contributed by atoms with Crippen LogP contribution in [0.25, 0.3) is 0 Å². The maximum absolute atomic E-state index is 11.9. The van der Waals surface area contributed by atoms with Crippen LogP contribution < -0.4 is 0 Å². The molecule has 1 aromatic rings. The number of carbonyl (C=O) groups excluding carboxylic acids is 2. The highest BCUT2D eigenvalue weighted by Gasteiger charge is 2.31. The first kappa shape index (κ1) is 16.6. The van der Waals surface area contributed by atoms with Gasteiger partial charge in [-0.3, -0.25) is 9.59 Å². The van der Waals surface area contributed by atoms with Crippen molar-refractivity contribution in [3.8, 4) is 0 Å². The van der Waals surface area contributed by atoms with Gasteiger partial charge >= 0.3 is 5.97 Å². The minimum Gasteiger partial charge on any atom is -0.469 e. The van der Waals surface area contributed by atoms with E-state index in [1.807, 2.05) is 24.3 Å². The summed E-state index contributed by atoms with van der Waals surface area (Å²) in [6.45, 7) is 8.31. The number of rotatable bonds is 6. The summed E-state index contributed by atoms with van der Waals surface area (Å²) in [6.07, 6.45) is 1.06. The van der Waals surface area contributed by atoms with Crippen molar-refractivity contribution < 1.29 is 14.3 Å². The lowest BCUT2D eigenvalue weighted by atomic mass is 10.0. The van der Waals surface area contributed by atoms with Gasteiger partial charge in [-0.1, -0.05) is 43.9 Å². The average molecular weight is 292 g/mol. The van der Waals surface area contributed by atoms with Gasteiger partial charge in [0.2, 0.25) is 0 Å². The van der Waals surface area contributed by atoms with Crippen molar-refractivity contribution in [3.63, 3.8) is 0 Å². The molecule has 0 spiro atoms. The summed E-state index contributed by atoms with van der Waals surface area (Å²) in [5.74, 6) is 0.0456. The highest BCUT2D eigenvalue weighted by atomic mass is 28.3. The van der Waals surface area contributed by atoms with Crippen molar-refractivity contribution in [3.05, 3.63) is 35.4 Å². The van der Waals surface area contributed by atoms with E-state index in [9.17, 15) is 9.59 Å². The van der Waals surface area contributed by atoms with Crippen LogP contribution in [0.15, 0.2) is 24.3 Å². The van der Waals surface area contributed by atoms with Crippen LogP contribution in [-0.2, 0) is 20.7 Å². The molecule has 110 valence electrons. The van der Waals surface area contributed by atoms with E-state index in [1.54, 1.807) is 6.92 Å². The van der Waals surface area contributed by atoms with Crippen LogP contribution in [-0.4, -0.2) is 26.9 Å². The molecule has 3 nitrogen and oxygen atoms in total. The Labute approximate surface area is 122 Å². The van der Waals surface area contributed by atoms with Crippen molar-refractivity contribution >= 4 is 19.8 Å².